The maximum absolute atomic E-state index is 12.7. The van der Waals surface area contributed by atoms with Crippen molar-refractivity contribution >= 4 is 83.9 Å². The molecule has 14 nitrogen and oxygen atoms in total. The first-order chi connectivity index (χ1) is 24.1. The van der Waals surface area contributed by atoms with Crippen LogP contribution in [0.2, 0.25) is 10.0 Å². The van der Waals surface area contributed by atoms with E-state index < -0.39 is 32.3 Å². The lowest BCUT2D eigenvalue weighted by Crippen LogP contribution is -2.29. The molecule has 0 aliphatic heterocycles. The minimum Gasteiger partial charge on any atom is -0.308 e. The molecule has 0 aliphatic rings. The molecule has 0 spiro atoms. The van der Waals surface area contributed by atoms with Crippen LogP contribution in [-0.2, 0) is 37.0 Å². The van der Waals surface area contributed by atoms with Crippen LogP contribution in [0.1, 0.15) is 37.8 Å². The van der Waals surface area contributed by atoms with Crippen molar-refractivity contribution in [2.75, 3.05) is 11.5 Å². The Morgan fingerprint density at radius 2 is 1.14 bits per heavy atom. The molecule has 2 N–H and O–H groups in total. The maximum atomic E-state index is 12.7. The van der Waals surface area contributed by atoms with Crippen LogP contribution in [0.25, 0.3) is 22.3 Å². The van der Waals surface area contributed by atoms with Crippen LogP contribution < -0.4 is 22.5 Å². The van der Waals surface area contributed by atoms with Gasteiger partial charge < -0.3 is 9.13 Å². The van der Waals surface area contributed by atoms with Crippen LogP contribution in [0, 0.1) is 0 Å². The Balaban J connectivity index is 0.000000211. The maximum Gasteiger partial charge on any atom is 0.329 e. The summed E-state index contributed by atoms with van der Waals surface area (Å²) in [6.07, 6.45) is 1.59. The van der Waals surface area contributed by atoms with Crippen molar-refractivity contribution < 1.29 is 8.42 Å². The van der Waals surface area contributed by atoms with E-state index in [-0.39, 0.29) is 28.6 Å². The molecule has 0 saturated carbocycles. The number of sulfone groups is 1. The molecule has 0 aliphatic carbocycles. The quantitative estimate of drug-likeness (QED) is 0.148. The van der Waals surface area contributed by atoms with E-state index in [1.807, 2.05) is 12.1 Å². The number of benzene rings is 2. The number of nitrogens with one attached hydrogen (secondary N) is 2. The lowest BCUT2D eigenvalue weighted by atomic mass is 10.2. The van der Waals surface area contributed by atoms with Gasteiger partial charge in [-0.1, -0.05) is 61.3 Å². The normalized spacial score (nSPS) is 11.3. The molecular weight excluding hydrogens is 807 g/mol. The molecular formula is C32H35BrCl2N8O6S2. The number of H-pyrrole nitrogens is 2. The third kappa shape index (κ3) is 9.13. The van der Waals surface area contributed by atoms with Crippen LogP contribution >= 0.6 is 51.8 Å². The SMILES string of the molecule is CCCS.CCCS(=O)(=O)c1nc2c(c(=O)[nH]c(=O)n2C)n1Cc1ccc(Cl)cc1.Cn1c(=O)[nH]c(=O)c2c1nc(Br)n2Cc1ccc(Cl)cc1. The molecule has 51 heavy (non-hydrogen) atoms. The molecule has 0 unspecified atom stereocenters. The van der Waals surface area contributed by atoms with E-state index in [1.54, 1.807) is 54.9 Å². The molecule has 6 aromatic rings. The zero-order valence-electron chi connectivity index (χ0n) is 28.0. The average Bonchev–Trinajstić information content (AvgIpc) is 3.64. The molecule has 0 atom stereocenters. The Kier molecular flexibility index (Phi) is 13.4. The number of nitrogens with zero attached hydrogens (tertiary/aromatic N) is 6. The van der Waals surface area contributed by atoms with Gasteiger partial charge in [0.1, 0.15) is 0 Å². The third-order valence-electron chi connectivity index (χ3n) is 7.42. The molecule has 0 radical (unpaired) electrons. The fourth-order valence-electron chi connectivity index (χ4n) is 4.86. The van der Waals surface area contributed by atoms with Gasteiger partial charge in [0.05, 0.1) is 18.8 Å². The summed E-state index contributed by atoms with van der Waals surface area (Å²) < 4.78 is 31.3. The smallest absolute Gasteiger partial charge is 0.308 e. The van der Waals surface area contributed by atoms with Crippen molar-refractivity contribution in [3.8, 4) is 0 Å². The fraction of sp³-hybridized carbons (Fsp3) is 0.312. The van der Waals surface area contributed by atoms with E-state index in [0.717, 1.165) is 21.4 Å². The van der Waals surface area contributed by atoms with Gasteiger partial charge in [-0.05, 0) is 69.9 Å². The molecule has 272 valence electrons. The summed E-state index contributed by atoms with van der Waals surface area (Å²) in [7, 11) is -0.731. The topological polar surface area (TPSA) is 180 Å². The summed E-state index contributed by atoms with van der Waals surface area (Å²) in [6.45, 7) is 4.39. The van der Waals surface area contributed by atoms with Crippen molar-refractivity contribution in [1.82, 2.24) is 38.2 Å². The Labute approximate surface area is 315 Å². The molecule has 0 fully saturated rings. The number of imidazole rings is 2. The second-order valence-corrected chi connectivity index (χ2v) is 15.3. The van der Waals surface area contributed by atoms with E-state index in [9.17, 15) is 27.6 Å². The molecule has 0 saturated heterocycles. The fourth-order valence-corrected chi connectivity index (χ4v) is 7.02. The standard InChI is InChI=1S/C16H17ClN4O4S.C13H10BrClN4O2.C3H8S/c1-3-8-26(24,25)16-18-13-12(14(22)19-15(23)20(13)2)21(16)9-10-4-6-11(17)7-5-10;1-18-10-9(11(20)17-13(18)21)19(12(14)16-10)6-7-2-4-8(15)5-3-7;1-2-3-4/h4-7H,3,8-9H2,1-2H3,(H,19,22,23);2-5H,6H2,1H3,(H,17,20,21);4H,2-3H2,1H3. The van der Waals surface area contributed by atoms with Gasteiger partial charge in [-0.25, -0.2) is 23.0 Å². The lowest BCUT2D eigenvalue weighted by molar-refractivity contribution is 0.574. The predicted molar refractivity (Wildman–Crippen MR) is 206 cm³/mol. The van der Waals surface area contributed by atoms with Gasteiger partial charge in [-0.2, -0.15) is 17.6 Å². The number of aryl methyl sites for hydroxylation is 2. The van der Waals surface area contributed by atoms with Crippen molar-refractivity contribution in [2.24, 2.45) is 14.1 Å². The first kappa shape index (κ1) is 39.9. The van der Waals surface area contributed by atoms with Crippen LogP contribution in [0.15, 0.2) is 77.6 Å². The largest absolute Gasteiger partial charge is 0.329 e. The number of aromatic nitrogens is 8. The minimum atomic E-state index is -3.72. The van der Waals surface area contributed by atoms with E-state index in [0.29, 0.717) is 38.9 Å². The molecule has 4 heterocycles. The summed E-state index contributed by atoms with van der Waals surface area (Å²) >= 11 is 19.0. The van der Waals surface area contributed by atoms with Crippen molar-refractivity contribution in [3.05, 3.63) is 116 Å². The van der Waals surface area contributed by atoms with Crippen LogP contribution in [0.3, 0.4) is 0 Å². The Hall–Kier alpha value is -3.90. The average molecular weight is 843 g/mol. The number of rotatable bonds is 8. The van der Waals surface area contributed by atoms with Crippen molar-refractivity contribution in [1.29, 1.82) is 0 Å². The zero-order valence-corrected chi connectivity index (χ0v) is 32.8. The number of aromatic amines is 2. The summed E-state index contributed by atoms with van der Waals surface area (Å²) in [6, 6.07) is 14.1. The molecule has 4 aromatic heterocycles. The van der Waals surface area contributed by atoms with Crippen LogP contribution in [-0.4, -0.2) is 58.1 Å². The van der Waals surface area contributed by atoms with Crippen molar-refractivity contribution in [3.63, 3.8) is 0 Å². The molecule has 19 heteroatoms. The molecule has 0 amide bonds. The van der Waals surface area contributed by atoms with Crippen LogP contribution in [0.4, 0.5) is 0 Å². The lowest BCUT2D eigenvalue weighted by Gasteiger charge is -2.09. The van der Waals surface area contributed by atoms with Crippen LogP contribution in [0.5, 0.6) is 0 Å². The summed E-state index contributed by atoms with van der Waals surface area (Å²) in [4.78, 5) is 60.7. The zero-order chi connectivity index (χ0) is 37.6. The Bertz CT molecular complexity index is 2520. The van der Waals surface area contributed by atoms with E-state index in [1.165, 1.54) is 22.6 Å². The third-order valence-corrected chi connectivity index (χ3v) is 10.8. The number of hydrogen-bond acceptors (Lipinski definition) is 9. The molecule has 0 bridgehead atoms. The first-order valence-corrected chi connectivity index (χ1v) is 19.3. The summed E-state index contributed by atoms with van der Waals surface area (Å²) in [5, 5.41) is 0.966. The highest BCUT2D eigenvalue weighted by Gasteiger charge is 2.26. The monoisotopic (exact) mass is 840 g/mol. The number of halogens is 3. The highest BCUT2D eigenvalue weighted by molar-refractivity contribution is 9.10. The highest BCUT2D eigenvalue weighted by atomic mass is 79.9. The minimum absolute atomic E-state index is 0.0300. The predicted octanol–water partition coefficient (Wildman–Crippen LogP) is 4.52. The van der Waals surface area contributed by atoms with Gasteiger partial charge in [0.2, 0.25) is 15.0 Å². The van der Waals surface area contributed by atoms with Crippen molar-refractivity contribution in [2.45, 2.75) is 44.9 Å². The van der Waals surface area contributed by atoms with Gasteiger partial charge in [-0.15, -0.1) is 0 Å². The van der Waals surface area contributed by atoms with E-state index >= 15 is 0 Å². The Morgan fingerprint density at radius 1 is 0.725 bits per heavy atom. The number of fused-ring (bicyclic) bond motifs is 2. The van der Waals surface area contributed by atoms with Gasteiger partial charge in [-0.3, -0.25) is 28.7 Å². The molecule has 2 aromatic carbocycles. The van der Waals surface area contributed by atoms with E-state index in [2.05, 4.69) is 55.4 Å². The first-order valence-electron chi connectivity index (χ1n) is 15.5. The van der Waals surface area contributed by atoms with E-state index in [4.69, 9.17) is 23.2 Å². The number of hydrogen-bond donors (Lipinski definition) is 3. The summed E-state index contributed by atoms with van der Waals surface area (Å²) in [5.74, 6) is 0.906. The number of thiol groups is 1. The van der Waals surface area contributed by atoms with Gasteiger partial charge >= 0.3 is 11.4 Å². The molecule has 6 rings (SSSR count). The second-order valence-electron chi connectivity index (χ2n) is 11.2. The highest BCUT2D eigenvalue weighted by Crippen LogP contribution is 2.21. The Morgan fingerprint density at radius 3 is 1.57 bits per heavy atom. The summed E-state index contributed by atoms with van der Waals surface area (Å²) in [5.41, 5.74) is 0.183. The van der Waals surface area contributed by atoms with Gasteiger partial charge in [0.15, 0.2) is 27.1 Å². The second kappa shape index (κ2) is 17.1. The van der Waals surface area contributed by atoms with Gasteiger partial charge in [0, 0.05) is 24.1 Å². The van der Waals surface area contributed by atoms with Gasteiger partial charge in [0.25, 0.3) is 11.1 Å².